The summed E-state index contributed by atoms with van der Waals surface area (Å²) in [7, 11) is 3.76. The fourth-order valence-corrected chi connectivity index (χ4v) is 1.40. The lowest BCUT2D eigenvalue weighted by molar-refractivity contribution is -0.157. The van der Waals surface area contributed by atoms with E-state index in [0.717, 1.165) is 12.8 Å². The summed E-state index contributed by atoms with van der Waals surface area (Å²) in [6, 6.07) is -0.776. The average Bonchev–Trinajstić information content (AvgIpc) is 2.38. The third-order valence-electron chi connectivity index (χ3n) is 2.63. The van der Waals surface area contributed by atoms with Crippen LogP contribution in [-0.4, -0.2) is 62.8 Å². The number of halogens is 1. The second-order valence-corrected chi connectivity index (χ2v) is 4.84. The number of ether oxygens (including phenoxy) is 1. The molecule has 0 radical (unpaired) electrons. The van der Waals surface area contributed by atoms with Crippen molar-refractivity contribution in [3.63, 3.8) is 0 Å². The van der Waals surface area contributed by atoms with Gasteiger partial charge in [0, 0.05) is 13.1 Å². The van der Waals surface area contributed by atoms with Gasteiger partial charge in [-0.2, -0.15) is 0 Å². The molecule has 21 heavy (non-hydrogen) atoms. The molecule has 0 saturated heterocycles. The number of hydrogen-bond acceptors (Lipinski definition) is 7. The predicted octanol–water partition coefficient (Wildman–Crippen LogP) is -1.47. The largest absolute Gasteiger partial charge is 0.436 e. The normalized spacial score (nSPS) is 13.2. The molecule has 0 aromatic carbocycles. The van der Waals surface area contributed by atoms with Gasteiger partial charge in [0.25, 0.3) is 5.91 Å². The Labute approximate surface area is 136 Å². The zero-order chi connectivity index (χ0) is 15.5. The van der Waals surface area contributed by atoms with Gasteiger partial charge in [-0.05, 0) is 33.5 Å². The smallest absolute Gasteiger partial charge is 0.324 e. The van der Waals surface area contributed by atoms with E-state index in [4.69, 9.17) is 21.9 Å². The van der Waals surface area contributed by atoms with E-state index in [1.165, 1.54) is 0 Å². The van der Waals surface area contributed by atoms with Crippen LogP contribution in [0.4, 0.5) is 0 Å². The second-order valence-electron chi connectivity index (χ2n) is 4.84. The number of amides is 1. The van der Waals surface area contributed by atoms with Crippen LogP contribution in [-0.2, 0) is 14.3 Å². The van der Waals surface area contributed by atoms with E-state index in [1.807, 2.05) is 19.0 Å². The summed E-state index contributed by atoms with van der Waals surface area (Å²) in [5.41, 5.74) is 16.5. The van der Waals surface area contributed by atoms with Crippen LogP contribution in [0.1, 0.15) is 19.3 Å². The van der Waals surface area contributed by atoms with E-state index in [1.54, 1.807) is 0 Å². The quantitative estimate of drug-likeness (QED) is 0.209. The molecule has 0 rings (SSSR count). The van der Waals surface area contributed by atoms with Gasteiger partial charge in [-0.15, -0.1) is 17.0 Å². The average molecular weight is 370 g/mol. The topological polar surface area (TPSA) is 137 Å². The number of nitrogens with zero attached hydrogens (tertiary/aromatic N) is 1. The van der Waals surface area contributed by atoms with Crippen molar-refractivity contribution in [1.29, 1.82) is 0 Å². The molecule has 0 spiro atoms. The van der Waals surface area contributed by atoms with Gasteiger partial charge >= 0.3 is 5.97 Å². The Hall–Kier alpha value is -0.740. The number of esters is 1. The Morgan fingerprint density at radius 3 is 2.38 bits per heavy atom. The summed E-state index contributed by atoms with van der Waals surface area (Å²) in [5.74, 6) is -1.20. The highest BCUT2D eigenvalue weighted by Gasteiger charge is 2.22. The minimum atomic E-state index is -1.33. The van der Waals surface area contributed by atoms with Gasteiger partial charge in [-0.25, -0.2) is 0 Å². The lowest BCUT2D eigenvalue weighted by Crippen LogP contribution is -2.47. The molecule has 0 heterocycles. The van der Waals surface area contributed by atoms with Crippen LogP contribution in [0, 0.1) is 0 Å². The standard InChI is InChI=1S/C12H27N5O3.BrH/c1-17(2)8-7-16-11(18)10(15)20-12(19)9(14)5-3-4-6-13;/h9-10H,3-8,13-15H2,1-2H3,(H,16,18);1H. The first-order valence-corrected chi connectivity index (χ1v) is 6.72. The number of unbranched alkanes of at least 4 members (excludes halogenated alkanes) is 1. The maximum atomic E-state index is 11.6. The SMILES string of the molecule is Br.CN(C)CCNC(=O)C(N)OC(=O)C(N)CCCCN. The first-order valence-electron chi connectivity index (χ1n) is 6.72. The van der Waals surface area contributed by atoms with Gasteiger partial charge < -0.3 is 26.4 Å². The number of carbonyl (C=O) groups is 2. The highest BCUT2D eigenvalue weighted by Crippen LogP contribution is 2.01. The van der Waals surface area contributed by atoms with Gasteiger partial charge in [-0.3, -0.25) is 15.3 Å². The Morgan fingerprint density at radius 2 is 1.86 bits per heavy atom. The predicted molar refractivity (Wildman–Crippen MR) is 86.8 cm³/mol. The molecule has 2 atom stereocenters. The summed E-state index contributed by atoms with van der Waals surface area (Å²) in [6.07, 6.45) is 0.658. The lowest BCUT2D eigenvalue weighted by atomic mass is 10.1. The molecular weight excluding hydrogens is 342 g/mol. The Morgan fingerprint density at radius 1 is 1.24 bits per heavy atom. The first-order chi connectivity index (χ1) is 9.38. The van der Waals surface area contributed by atoms with Crippen molar-refractivity contribution in [3.05, 3.63) is 0 Å². The molecule has 0 aliphatic carbocycles. The maximum absolute atomic E-state index is 11.6. The third kappa shape index (κ3) is 11.6. The van der Waals surface area contributed by atoms with Crippen molar-refractivity contribution in [2.24, 2.45) is 17.2 Å². The number of rotatable bonds is 10. The fourth-order valence-electron chi connectivity index (χ4n) is 1.40. The molecule has 2 unspecified atom stereocenters. The zero-order valence-electron chi connectivity index (χ0n) is 12.7. The van der Waals surface area contributed by atoms with Crippen LogP contribution in [0.25, 0.3) is 0 Å². The van der Waals surface area contributed by atoms with Gasteiger partial charge in [0.2, 0.25) is 6.23 Å². The lowest BCUT2D eigenvalue weighted by Gasteiger charge is -2.17. The Balaban J connectivity index is 0. The van der Waals surface area contributed by atoms with E-state index in [9.17, 15) is 9.59 Å². The molecule has 0 aliphatic heterocycles. The molecule has 0 aromatic rings. The molecule has 1 amide bonds. The van der Waals surface area contributed by atoms with Crippen molar-refractivity contribution in [2.75, 3.05) is 33.7 Å². The molecule has 0 bridgehead atoms. The van der Waals surface area contributed by atoms with Gasteiger partial charge in [-0.1, -0.05) is 6.42 Å². The monoisotopic (exact) mass is 369 g/mol. The maximum Gasteiger partial charge on any atom is 0.324 e. The van der Waals surface area contributed by atoms with Crippen LogP contribution in [0.15, 0.2) is 0 Å². The summed E-state index contributed by atoms with van der Waals surface area (Å²) in [5, 5.41) is 2.57. The van der Waals surface area contributed by atoms with Crippen LogP contribution in [0.5, 0.6) is 0 Å². The molecule has 9 heteroatoms. The van der Waals surface area contributed by atoms with Crippen LogP contribution in [0.2, 0.25) is 0 Å². The third-order valence-corrected chi connectivity index (χ3v) is 2.63. The van der Waals surface area contributed by atoms with Crippen LogP contribution in [0.3, 0.4) is 0 Å². The number of hydrogen-bond donors (Lipinski definition) is 4. The highest BCUT2D eigenvalue weighted by molar-refractivity contribution is 8.93. The Bertz CT molecular complexity index is 305. The molecule has 0 saturated carbocycles. The van der Waals surface area contributed by atoms with Crippen molar-refractivity contribution in [2.45, 2.75) is 31.5 Å². The fraction of sp³-hybridized carbons (Fsp3) is 0.833. The molecule has 0 fully saturated rings. The summed E-state index contributed by atoms with van der Waals surface area (Å²) >= 11 is 0. The van der Waals surface area contributed by atoms with Crippen molar-refractivity contribution in [3.8, 4) is 0 Å². The van der Waals surface area contributed by atoms with Gasteiger partial charge in [0.15, 0.2) is 0 Å². The van der Waals surface area contributed by atoms with Crippen LogP contribution < -0.4 is 22.5 Å². The highest BCUT2D eigenvalue weighted by atomic mass is 79.9. The summed E-state index contributed by atoms with van der Waals surface area (Å²) < 4.78 is 4.82. The Kier molecular flexibility index (Phi) is 13.9. The number of nitrogens with two attached hydrogens (primary N) is 3. The van der Waals surface area contributed by atoms with Gasteiger partial charge in [0.1, 0.15) is 6.04 Å². The molecule has 0 aliphatic rings. The molecule has 126 valence electrons. The number of likely N-dealkylation sites (N-methyl/N-ethyl adjacent to an activating group) is 1. The van der Waals surface area contributed by atoms with E-state index >= 15 is 0 Å². The number of nitrogens with one attached hydrogen (secondary N) is 1. The molecule has 8 nitrogen and oxygen atoms in total. The van der Waals surface area contributed by atoms with Crippen LogP contribution >= 0.6 is 17.0 Å². The first kappa shape index (κ1) is 22.5. The van der Waals surface area contributed by atoms with E-state index < -0.39 is 24.1 Å². The zero-order valence-corrected chi connectivity index (χ0v) is 14.4. The second kappa shape index (κ2) is 13.0. The summed E-state index contributed by atoms with van der Waals surface area (Å²) in [6.45, 7) is 1.65. The van der Waals surface area contributed by atoms with E-state index in [0.29, 0.717) is 26.1 Å². The van der Waals surface area contributed by atoms with E-state index in [-0.39, 0.29) is 17.0 Å². The van der Waals surface area contributed by atoms with Crippen molar-refractivity contribution < 1.29 is 14.3 Å². The minimum Gasteiger partial charge on any atom is -0.436 e. The van der Waals surface area contributed by atoms with Gasteiger partial charge in [0.05, 0.1) is 0 Å². The molecular formula is C12H28BrN5O3. The van der Waals surface area contributed by atoms with E-state index in [2.05, 4.69) is 5.32 Å². The van der Waals surface area contributed by atoms with Crippen molar-refractivity contribution in [1.82, 2.24) is 10.2 Å². The summed E-state index contributed by atoms with van der Waals surface area (Å²) in [4.78, 5) is 25.0. The molecule has 7 N–H and O–H groups in total. The molecule has 0 aromatic heterocycles. The van der Waals surface area contributed by atoms with Crippen molar-refractivity contribution >= 4 is 28.9 Å². The minimum absolute atomic E-state index is 0. The number of carbonyl (C=O) groups excluding carboxylic acids is 2.